The molecule has 1 N–H and O–H groups in total. The van der Waals surface area contributed by atoms with E-state index in [1.165, 1.54) is 25.0 Å². The molecule has 1 aromatic rings. The van der Waals surface area contributed by atoms with Crippen LogP contribution in [0.1, 0.15) is 65.5 Å². The highest BCUT2D eigenvalue weighted by atomic mass is 14.9. The first-order valence-electron chi connectivity index (χ1n) is 7.78. The Morgan fingerprint density at radius 1 is 1.30 bits per heavy atom. The number of nitrogens with zero attached hydrogens (tertiary/aromatic N) is 2. The van der Waals surface area contributed by atoms with Gasteiger partial charge in [0.25, 0.3) is 0 Å². The zero-order chi connectivity index (χ0) is 14.8. The third kappa shape index (κ3) is 4.27. The summed E-state index contributed by atoms with van der Waals surface area (Å²) in [7, 11) is 0. The van der Waals surface area contributed by atoms with E-state index in [0.717, 1.165) is 6.54 Å². The van der Waals surface area contributed by atoms with E-state index in [0.29, 0.717) is 17.3 Å². The number of hydrogen-bond acceptors (Lipinski definition) is 3. The van der Waals surface area contributed by atoms with Gasteiger partial charge < -0.3 is 5.32 Å². The Morgan fingerprint density at radius 3 is 2.65 bits per heavy atom. The molecule has 1 fully saturated rings. The van der Waals surface area contributed by atoms with Crippen LogP contribution in [0.2, 0.25) is 0 Å². The van der Waals surface area contributed by atoms with Crippen LogP contribution in [-0.2, 0) is 0 Å². The molecule has 0 amide bonds. The standard InChI is InChI=1S/C17H29N3/c1-16(2,3)20-11-13-6-7-17(4,5)10-14(13)15-12-18-8-9-19-15/h8-9,12-14,20H,6-7,10-11H2,1-5H3. The zero-order valence-electron chi connectivity index (χ0n) is 13.6. The summed E-state index contributed by atoms with van der Waals surface area (Å²) in [5, 5.41) is 3.67. The Kier molecular flexibility index (Phi) is 4.48. The first-order chi connectivity index (χ1) is 9.27. The van der Waals surface area contributed by atoms with Gasteiger partial charge in [-0.05, 0) is 57.9 Å². The third-order valence-electron chi connectivity index (χ3n) is 4.39. The van der Waals surface area contributed by atoms with E-state index in [-0.39, 0.29) is 5.54 Å². The van der Waals surface area contributed by atoms with E-state index in [2.05, 4.69) is 49.9 Å². The van der Waals surface area contributed by atoms with Gasteiger partial charge in [0.15, 0.2) is 0 Å². The SMILES string of the molecule is CC1(C)CCC(CNC(C)(C)C)C(c2cnccn2)C1. The van der Waals surface area contributed by atoms with Gasteiger partial charge in [-0.2, -0.15) is 0 Å². The topological polar surface area (TPSA) is 37.8 Å². The molecule has 1 aliphatic carbocycles. The summed E-state index contributed by atoms with van der Waals surface area (Å²) in [4.78, 5) is 8.84. The monoisotopic (exact) mass is 275 g/mol. The predicted octanol–water partition coefficient (Wildman–Crippen LogP) is 3.77. The molecule has 0 spiro atoms. The minimum atomic E-state index is 0.180. The minimum Gasteiger partial charge on any atom is -0.312 e. The molecule has 0 aromatic carbocycles. The van der Waals surface area contributed by atoms with Crippen molar-refractivity contribution < 1.29 is 0 Å². The molecule has 0 saturated heterocycles. The van der Waals surface area contributed by atoms with Crippen LogP contribution in [0.4, 0.5) is 0 Å². The predicted molar refractivity (Wildman–Crippen MR) is 83.7 cm³/mol. The van der Waals surface area contributed by atoms with Crippen LogP contribution >= 0.6 is 0 Å². The number of nitrogens with one attached hydrogen (secondary N) is 1. The van der Waals surface area contributed by atoms with Crippen molar-refractivity contribution in [2.24, 2.45) is 11.3 Å². The van der Waals surface area contributed by atoms with Crippen molar-refractivity contribution in [2.75, 3.05) is 6.54 Å². The van der Waals surface area contributed by atoms with E-state index in [9.17, 15) is 0 Å². The lowest BCUT2D eigenvalue weighted by atomic mass is 9.66. The molecular weight excluding hydrogens is 246 g/mol. The molecule has 2 atom stereocenters. The number of hydrogen-bond donors (Lipinski definition) is 1. The van der Waals surface area contributed by atoms with Crippen LogP contribution in [0.25, 0.3) is 0 Å². The lowest BCUT2D eigenvalue weighted by molar-refractivity contribution is 0.151. The van der Waals surface area contributed by atoms with E-state index in [1.807, 2.05) is 12.4 Å². The molecule has 1 heterocycles. The Balaban J connectivity index is 2.12. The van der Waals surface area contributed by atoms with Crippen LogP contribution in [0, 0.1) is 11.3 Å². The average Bonchev–Trinajstić information content (AvgIpc) is 2.36. The minimum absolute atomic E-state index is 0.180. The van der Waals surface area contributed by atoms with Crippen LogP contribution in [0.5, 0.6) is 0 Å². The van der Waals surface area contributed by atoms with E-state index in [4.69, 9.17) is 0 Å². The van der Waals surface area contributed by atoms with Gasteiger partial charge >= 0.3 is 0 Å². The smallest absolute Gasteiger partial charge is 0.0620 e. The fourth-order valence-corrected chi connectivity index (χ4v) is 3.17. The first-order valence-corrected chi connectivity index (χ1v) is 7.78. The van der Waals surface area contributed by atoms with Crippen molar-refractivity contribution in [1.82, 2.24) is 15.3 Å². The average molecular weight is 275 g/mol. The summed E-state index contributed by atoms with van der Waals surface area (Å²) >= 11 is 0. The zero-order valence-corrected chi connectivity index (χ0v) is 13.6. The summed E-state index contributed by atoms with van der Waals surface area (Å²) < 4.78 is 0. The van der Waals surface area contributed by atoms with Crippen molar-refractivity contribution in [3.8, 4) is 0 Å². The second kappa shape index (κ2) is 5.80. The molecule has 2 rings (SSSR count). The van der Waals surface area contributed by atoms with Crippen molar-refractivity contribution in [3.63, 3.8) is 0 Å². The number of rotatable bonds is 3. The molecule has 1 aromatic heterocycles. The lowest BCUT2D eigenvalue weighted by Crippen LogP contribution is -2.42. The Labute approximate surface area is 123 Å². The van der Waals surface area contributed by atoms with Gasteiger partial charge in [-0.15, -0.1) is 0 Å². The molecule has 0 bridgehead atoms. The molecular formula is C17H29N3. The van der Waals surface area contributed by atoms with Crippen LogP contribution < -0.4 is 5.32 Å². The molecule has 112 valence electrons. The molecule has 3 heteroatoms. The molecule has 1 saturated carbocycles. The fraction of sp³-hybridized carbons (Fsp3) is 0.765. The van der Waals surface area contributed by atoms with Crippen LogP contribution in [0.3, 0.4) is 0 Å². The van der Waals surface area contributed by atoms with Crippen molar-refractivity contribution >= 4 is 0 Å². The van der Waals surface area contributed by atoms with Gasteiger partial charge in [-0.25, -0.2) is 0 Å². The van der Waals surface area contributed by atoms with Gasteiger partial charge in [0, 0.05) is 30.0 Å². The highest BCUT2D eigenvalue weighted by Crippen LogP contribution is 2.45. The summed E-state index contributed by atoms with van der Waals surface area (Å²) in [6.07, 6.45) is 9.33. The third-order valence-corrected chi connectivity index (χ3v) is 4.39. The van der Waals surface area contributed by atoms with Crippen molar-refractivity contribution in [2.45, 2.75) is 65.3 Å². The maximum Gasteiger partial charge on any atom is 0.0620 e. The van der Waals surface area contributed by atoms with Gasteiger partial charge in [0.05, 0.1) is 5.69 Å². The Bertz CT molecular complexity index is 420. The van der Waals surface area contributed by atoms with Crippen LogP contribution in [0.15, 0.2) is 18.6 Å². The molecule has 20 heavy (non-hydrogen) atoms. The molecule has 2 unspecified atom stereocenters. The van der Waals surface area contributed by atoms with E-state index in [1.54, 1.807) is 6.20 Å². The quantitative estimate of drug-likeness (QED) is 0.912. The molecule has 3 nitrogen and oxygen atoms in total. The Hall–Kier alpha value is -0.960. The Morgan fingerprint density at radius 2 is 2.05 bits per heavy atom. The summed E-state index contributed by atoms with van der Waals surface area (Å²) in [6.45, 7) is 12.5. The van der Waals surface area contributed by atoms with Gasteiger partial charge in [0.1, 0.15) is 0 Å². The van der Waals surface area contributed by atoms with E-state index >= 15 is 0 Å². The molecule has 0 radical (unpaired) electrons. The summed E-state index contributed by atoms with van der Waals surface area (Å²) in [5.74, 6) is 1.20. The van der Waals surface area contributed by atoms with Crippen molar-refractivity contribution in [3.05, 3.63) is 24.3 Å². The largest absolute Gasteiger partial charge is 0.312 e. The van der Waals surface area contributed by atoms with E-state index < -0.39 is 0 Å². The molecule has 1 aliphatic rings. The van der Waals surface area contributed by atoms with Gasteiger partial charge in [-0.3, -0.25) is 9.97 Å². The van der Waals surface area contributed by atoms with Crippen LogP contribution in [-0.4, -0.2) is 22.1 Å². The van der Waals surface area contributed by atoms with Gasteiger partial charge in [0.2, 0.25) is 0 Å². The normalized spacial score (nSPS) is 26.4. The highest BCUT2D eigenvalue weighted by molar-refractivity contribution is 5.09. The second-order valence-corrected chi connectivity index (χ2v) is 8.03. The summed E-state index contributed by atoms with van der Waals surface area (Å²) in [5.41, 5.74) is 1.77. The lowest BCUT2D eigenvalue weighted by Gasteiger charge is -2.41. The number of aromatic nitrogens is 2. The first kappa shape index (κ1) is 15.4. The summed E-state index contributed by atoms with van der Waals surface area (Å²) in [6, 6.07) is 0. The van der Waals surface area contributed by atoms with Crippen molar-refractivity contribution in [1.29, 1.82) is 0 Å². The van der Waals surface area contributed by atoms with Gasteiger partial charge in [-0.1, -0.05) is 13.8 Å². The fourth-order valence-electron chi connectivity index (χ4n) is 3.17. The highest BCUT2D eigenvalue weighted by Gasteiger charge is 2.36. The maximum absolute atomic E-state index is 4.57. The molecule has 0 aliphatic heterocycles. The second-order valence-electron chi connectivity index (χ2n) is 8.03. The maximum atomic E-state index is 4.57.